The largest absolute Gasteiger partial charge is 0.497 e. The van der Waals surface area contributed by atoms with Crippen LogP contribution in [0.2, 0.25) is 0 Å². The topological polar surface area (TPSA) is 84.5 Å². The first-order valence-corrected chi connectivity index (χ1v) is 8.48. The summed E-state index contributed by atoms with van der Waals surface area (Å²) in [6.45, 7) is 0.0209. The molecule has 2 aromatic rings. The van der Waals surface area contributed by atoms with Crippen LogP contribution in [0.5, 0.6) is 5.75 Å². The molecule has 0 bridgehead atoms. The lowest BCUT2D eigenvalue weighted by Gasteiger charge is -2.08. The quantitative estimate of drug-likeness (QED) is 0.811. The third kappa shape index (κ3) is 5.08. The number of hydrogen-bond donors (Lipinski definition) is 2. The van der Waals surface area contributed by atoms with Gasteiger partial charge in [-0.1, -0.05) is 18.2 Å². The zero-order valence-electron chi connectivity index (χ0n) is 12.7. The van der Waals surface area contributed by atoms with Gasteiger partial charge in [-0.05, 0) is 36.4 Å². The van der Waals surface area contributed by atoms with Crippen LogP contribution in [0.4, 0.5) is 5.69 Å². The van der Waals surface area contributed by atoms with E-state index in [-0.39, 0.29) is 23.8 Å². The van der Waals surface area contributed by atoms with Gasteiger partial charge in [0.15, 0.2) is 0 Å². The highest BCUT2D eigenvalue weighted by molar-refractivity contribution is 7.89. The second-order valence-electron chi connectivity index (χ2n) is 4.74. The van der Waals surface area contributed by atoms with Crippen molar-refractivity contribution in [2.45, 2.75) is 11.3 Å². The number of hydrogen-bond acceptors (Lipinski definition) is 4. The highest BCUT2D eigenvalue weighted by atomic mass is 32.2. The predicted molar refractivity (Wildman–Crippen MR) is 87.9 cm³/mol. The average molecular weight is 334 g/mol. The van der Waals surface area contributed by atoms with Gasteiger partial charge in [0.25, 0.3) is 0 Å². The maximum absolute atomic E-state index is 12.1. The zero-order chi connectivity index (χ0) is 16.7. The van der Waals surface area contributed by atoms with Gasteiger partial charge in [-0.25, -0.2) is 13.1 Å². The molecule has 7 heteroatoms. The summed E-state index contributed by atoms with van der Waals surface area (Å²) < 4.78 is 31.6. The number of nitrogens with one attached hydrogen (secondary N) is 2. The standard InChI is InChI=1S/C16H18N2O4S/c1-22-14-7-9-15(10-8-14)23(20,21)17-12-11-16(19)18-13-5-3-2-4-6-13/h2-10,17H,11-12H2,1H3,(H,18,19). The van der Waals surface area contributed by atoms with Crippen molar-refractivity contribution in [3.8, 4) is 5.75 Å². The molecule has 0 saturated carbocycles. The van der Waals surface area contributed by atoms with Crippen molar-refractivity contribution in [2.24, 2.45) is 0 Å². The van der Waals surface area contributed by atoms with E-state index >= 15 is 0 Å². The van der Waals surface area contributed by atoms with Crippen molar-refractivity contribution in [1.29, 1.82) is 0 Å². The van der Waals surface area contributed by atoms with Gasteiger partial charge in [0.2, 0.25) is 15.9 Å². The second kappa shape index (κ2) is 7.75. The van der Waals surface area contributed by atoms with E-state index in [0.29, 0.717) is 11.4 Å². The minimum atomic E-state index is -3.64. The van der Waals surface area contributed by atoms with Gasteiger partial charge < -0.3 is 10.1 Å². The van der Waals surface area contributed by atoms with E-state index in [0.717, 1.165) is 0 Å². The summed E-state index contributed by atoms with van der Waals surface area (Å²) in [5.41, 5.74) is 0.676. The fourth-order valence-electron chi connectivity index (χ4n) is 1.88. The molecule has 0 heterocycles. The Labute approximate surface area is 135 Å². The summed E-state index contributed by atoms with van der Waals surface area (Å²) in [7, 11) is -2.13. The first-order valence-electron chi connectivity index (χ1n) is 7.00. The molecule has 2 aromatic carbocycles. The molecule has 0 unspecified atom stereocenters. The van der Waals surface area contributed by atoms with Gasteiger partial charge in [-0.2, -0.15) is 0 Å². The first-order chi connectivity index (χ1) is 11.0. The van der Waals surface area contributed by atoms with Gasteiger partial charge >= 0.3 is 0 Å². The summed E-state index contributed by atoms with van der Waals surface area (Å²) in [6.07, 6.45) is 0.0459. The number of anilines is 1. The third-order valence-corrected chi connectivity index (χ3v) is 4.55. The van der Waals surface area contributed by atoms with Crippen molar-refractivity contribution in [3.05, 3.63) is 54.6 Å². The zero-order valence-corrected chi connectivity index (χ0v) is 13.5. The van der Waals surface area contributed by atoms with Crippen LogP contribution < -0.4 is 14.8 Å². The monoisotopic (exact) mass is 334 g/mol. The Morgan fingerprint density at radius 1 is 1.04 bits per heavy atom. The van der Waals surface area contributed by atoms with E-state index in [9.17, 15) is 13.2 Å². The number of ether oxygens (including phenoxy) is 1. The number of sulfonamides is 1. The van der Waals surface area contributed by atoms with E-state index in [1.807, 2.05) is 18.2 Å². The number of amides is 1. The molecule has 2 rings (SSSR count). The van der Waals surface area contributed by atoms with Crippen LogP contribution in [0.3, 0.4) is 0 Å². The third-order valence-electron chi connectivity index (χ3n) is 3.07. The molecule has 0 atom stereocenters. The number of para-hydroxylation sites is 1. The summed E-state index contributed by atoms with van der Waals surface area (Å²) in [5, 5.41) is 2.69. The molecule has 6 nitrogen and oxygen atoms in total. The Morgan fingerprint density at radius 3 is 2.30 bits per heavy atom. The maximum atomic E-state index is 12.1. The van der Waals surface area contributed by atoms with E-state index in [1.54, 1.807) is 24.3 Å². The van der Waals surface area contributed by atoms with Gasteiger partial charge in [0.05, 0.1) is 12.0 Å². The highest BCUT2D eigenvalue weighted by Crippen LogP contribution is 2.15. The van der Waals surface area contributed by atoms with E-state index < -0.39 is 10.0 Å². The maximum Gasteiger partial charge on any atom is 0.240 e. The molecular weight excluding hydrogens is 316 g/mol. The average Bonchev–Trinajstić information content (AvgIpc) is 2.55. The van der Waals surface area contributed by atoms with E-state index in [1.165, 1.54) is 19.2 Å². The lowest BCUT2D eigenvalue weighted by atomic mass is 10.3. The predicted octanol–water partition coefficient (Wildman–Crippen LogP) is 2.00. The molecule has 0 saturated heterocycles. The summed E-state index contributed by atoms with van der Waals surface area (Å²) in [6, 6.07) is 15.0. The van der Waals surface area contributed by atoms with Crippen molar-refractivity contribution in [2.75, 3.05) is 19.0 Å². The lowest BCUT2D eigenvalue weighted by Crippen LogP contribution is -2.27. The molecule has 0 fully saturated rings. The summed E-state index contributed by atoms with van der Waals surface area (Å²) >= 11 is 0. The number of carbonyl (C=O) groups excluding carboxylic acids is 1. The molecule has 1 amide bonds. The van der Waals surface area contributed by atoms with Crippen LogP contribution in [-0.2, 0) is 14.8 Å². The van der Waals surface area contributed by atoms with Gasteiger partial charge in [-0.3, -0.25) is 4.79 Å². The van der Waals surface area contributed by atoms with Gasteiger partial charge in [-0.15, -0.1) is 0 Å². The van der Waals surface area contributed by atoms with Crippen molar-refractivity contribution in [1.82, 2.24) is 4.72 Å². The van der Waals surface area contributed by atoms with Gasteiger partial charge in [0, 0.05) is 18.7 Å². The van der Waals surface area contributed by atoms with Crippen LogP contribution in [0.25, 0.3) is 0 Å². The minimum absolute atomic E-state index is 0.0209. The van der Waals surface area contributed by atoms with Crippen LogP contribution in [-0.4, -0.2) is 28.0 Å². The van der Waals surface area contributed by atoms with Crippen LogP contribution in [0.1, 0.15) is 6.42 Å². The molecule has 0 aliphatic heterocycles. The normalized spacial score (nSPS) is 11.0. The van der Waals surface area contributed by atoms with E-state index in [4.69, 9.17) is 4.74 Å². The van der Waals surface area contributed by atoms with Crippen molar-refractivity contribution in [3.63, 3.8) is 0 Å². The highest BCUT2D eigenvalue weighted by Gasteiger charge is 2.14. The number of rotatable bonds is 7. The molecule has 0 aromatic heterocycles. The Balaban J connectivity index is 1.85. The molecule has 2 N–H and O–H groups in total. The van der Waals surface area contributed by atoms with Gasteiger partial charge in [0.1, 0.15) is 5.75 Å². The summed E-state index contributed by atoms with van der Waals surface area (Å²) in [5.74, 6) is 0.319. The van der Waals surface area contributed by atoms with Crippen molar-refractivity contribution < 1.29 is 17.9 Å². The molecule has 0 radical (unpaired) electrons. The Hall–Kier alpha value is -2.38. The van der Waals surface area contributed by atoms with Crippen LogP contribution >= 0.6 is 0 Å². The van der Waals surface area contributed by atoms with Crippen LogP contribution in [0.15, 0.2) is 59.5 Å². The number of carbonyl (C=O) groups is 1. The molecule has 23 heavy (non-hydrogen) atoms. The Kier molecular flexibility index (Phi) is 5.72. The minimum Gasteiger partial charge on any atom is -0.497 e. The lowest BCUT2D eigenvalue weighted by molar-refractivity contribution is -0.116. The fourth-order valence-corrected chi connectivity index (χ4v) is 2.91. The SMILES string of the molecule is COc1ccc(S(=O)(=O)NCCC(=O)Nc2ccccc2)cc1. The Bertz CT molecular complexity index is 743. The van der Waals surface area contributed by atoms with Crippen molar-refractivity contribution >= 4 is 21.6 Å². The molecule has 122 valence electrons. The Morgan fingerprint density at radius 2 is 1.70 bits per heavy atom. The number of methoxy groups -OCH3 is 1. The smallest absolute Gasteiger partial charge is 0.240 e. The summed E-state index contributed by atoms with van der Waals surface area (Å²) in [4.78, 5) is 11.9. The second-order valence-corrected chi connectivity index (χ2v) is 6.50. The number of benzene rings is 2. The first kappa shape index (κ1) is 17.0. The fraction of sp³-hybridized carbons (Fsp3) is 0.188. The molecule has 0 aliphatic rings. The van der Waals surface area contributed by atoms with Crippen LogP contribution in [0, 0.1) is 0 Å². The van der Waals surface area contributed by atoms with E-state index in [2.05, 4.69) is 10.0 Å². The molecule has 0 spiro atoms. The molecule has 0 aliphatic carbocycles. The molecular formula is C16H18N2O4S.